The van der Waals surface area contributed by atoms with Gasteiger partial charge in [0.05, 0.1) is 0 Å². The molecule has 30 heavy (non-hydrogen) atoms. The van der Waals surface area contributed by atoms with Crippen molar-refractivity contribution in [3.63, 3.8) is 0 Å². The molecular formula is C18H36O6S4Si2. The molecule has 2 atom stereocenters. The van der Waals surface area contributed by atoms with Crippen LogP contribution in [0.2, 0.25) is 0 Å². The van der Waals surface area contributed by atoms with Crippen LogP contribution in [0, 0.1) is 0 Å². The number of ether oxygens (including phenoxy) is 6. The van der Waals surface area contributed by atoms with E-state index >= 15 is 0 Å². The number of hydrogen-bond acceptors (Lipinski definition) is 10. The molecule has 12 heteroatoms. The van der Waals surface area contributed by atoms with Crippen LogP contribution in [0.25, 0.3) is 0 Å². The molecule has 0 aromatic heterocycles. The van der Waals surface area contributed by atoms with Gasteiger partial charge < -0.3 is 28.4 Å². The van der Waals surface area contributed by atoms with Gasteiger partial charge in [-0.1, -0.05) is 0 Å². The Morgan fingerprint density at radius 3 is 1.10 bits per heavy atom. The predicted octanol–water partition coefficient (Wildman–Crippen LogP) is 4.96. The highest BCUT2D eigenvalue weighted by molar-refractivity contribution is 9.26. The van der Waals surface area contributed by atoms with E-state index in [4.69, 9.17) is 28.4 Å². The van der Waals surface area contributed by atoms with Crippen LogP contribution in [0.1, 0.15) is 54.4 Å². The maximum absolute atomic E-state index is 5.88. The minimum Gasteiger partial charge on any atom is -0.367 e. The van der Waals surface area contributed by atoms with Crippen molar-refractivity contribution in [3.8, 4) is 0 Å². The highest BCUT2D eigenvalue weighted by Gasteiger charge is 2.32. The highest BCUT2D eigenvalue weighted by atomic mass is 33.7. The van der Waals surface area contributed by atoms with E-state index < -0.39 is 10.8 Å². The van der Waals surface area contributed by atoms with Crippen LogP contribution in [0.3, 0.4) is 0 Å². The third kappa shape index (κ3) is 14.7. The minimum atomic E-state index is -0.840. The van der Waals surface area contributed by atoms with E-state index in [2.05, 4.69) is 20.5 Å². The summed E-state index contributed by atoms with van der Waals surface area (Å²) >= 11 is 0. The van der Waals surface area contributed by atoms with Crippen molar-refractivity contribution in [2.24, 2.45) is 0 Å². The second-order valence-corrected chi connectivity index (χ2v) is 13.4. The second-order valence-electron chi connectivity index (χ2n) is 5.74. The van der Waals surface area contributed by atoms with Gasteiger partial charge in [0.15, 0.2) is 0 Å². The van der Waals surface area contributed by atoms with E-state index in [0.717, 1.165) is 0 Å². The molecule has 2 unspecified atom stereocenters. The first-order valence-corrected chi connectivity index (χ1v) is 16.2. The molecule has 0 saturated carbocycles. The topological polar surface area (TPSA) is 55.4 Å². The molecule has 0 aliphatic rings. The molecule has 0 aromatic carbocycles. The third-order valence-electron chi connectivity index (χ3n) is 3.41. The van der Waals surface area contributed by atoms with Crippen LogP contribution in [-0.4, -0.2) is 81.8 Å². The molecule has 176 valence electrons. The Balaban J connectivity index is 4.68. The Hall–Kier alpha value is 1.59. The van der Waals surface area contributed by atoms with Gasteiger partial charge in [-0.2, -0.15) is 0 Å². The molecule has 0 fully saturated rings. The number of rotatable bonds is 21. The molecule has 0 aliphatic heterocycles. The summed E-state index contributed by atoms with van der Waals surface area (Å²) in [6.45, 7) is 15.2. The molecule has 0 aromatic rings. The van der Waals surface area contributed by atoms with Crippen LogP contribution in [0.15, 0.2) is 0 Å². The van der Waals surface area contributed by atoms with Crippen molar-refractivity contribution >= 4 is 61.7 Å². The molecule has 0 N–H and O–H groups in total. The monoisotopic (exact) mass is 532 g/mol. The summed E-state index contributed by atoms with van der Waals surface area (Å²) in [5.41, 5.74) is -1.85. The summed E-state index contributed by atoms with van der Waals surface area (Å²) < 4.78 is 34.7. The van der Waals surface area contributed by atoms with Crippen LogP contribution in [-0.2, 0) is 28.4 Å². The summed E-state index contributed by atoms with van der Waals surface area (Å²) in [5, 5.41) is 0. The van der Waals surface area contributed by atoms with Gasteiger partial charge in [0.25, 0.3) is 0 Å². The van der Waals surface area contributed by atoms with Gasteiger partial charge in [-0.15, -0.1) is 0 Å². The molecule has 0 aliphatic carbocycles. The predicted molar refractivity (Wildman–Crippen MR) is 134 cm³/mol. The largest absolute Gasteiger partial charge is 0.367 e. The van der Waals surface area contributed by atoms with Crippen LogP contribution in [0.4, 0.5) is 0 Å². The Morgan fingerprint density at radius 2 is 0.867 bits per heavy atom. The minimum absolute atomic E-state index is 0.0870. The van der Waals surface area contributed by atoms with Crippen molar-refractivity contribution < 1.29 is 28.4 Å². The first-order chi connectivity index (χ1) is 14.3. The zero-order valence-corrected chi connectivity index (χ0v) is 24.2. The van der Waals surface area contributed by atoms with E-state index in [1.54, 1.807) is 41.2 Å². The van der Waals surface area contributed by atoms with E-state index in [-0.39, 0.29) is 10.9 Å². The normalized spacial score (nSPS) is 14.8. The molecule has 6 radical (unpaired) electrons. The van der Waals surface area contributed by atoms with Gasteiger partial charge in [0.1, 0.15) is 42.2 Å². The van der Waals surface area contributed by atoms with E-state index in [1.165, 1.54) is 0 Å². The fourth-order valence-corrected chi connectivity index (χ4v) is 10.2. The quantitative estimate of drug-likeness (QED) is 0.0877. The van der Waals surface area contributed by atoms with Gasteiger partial charge in [-0.3, -0.25) is 0 Å². The van der Waals surface area contributed by atoms with Gasteiger partial charge in [-0.25, -0.2) is 0 Å². The zero-order chi connectivity index (χ0) is 22.9. The van der Waals surface area contributed by atoms with E-state index in [0.29, 0.717) is 52.5 Å². The first-order valence-electron chi connectivity index (χ1n) is 10.3. The maximum atomic E-state index is 5.88. The van der Waals surface area contributed by atoms with Crippen molar-refractivity contribution in [2.75, 3.05) is 39.6 Å². The van der Waals surface area contributed by atoms with Crippen molar-refractivity contribution in [1.82, 2.24) is 0 Å². The van der Waals surface area contributed by atoms with Gasteiger partial charge in [0, 0.05) is 52.5 Å². The summed E-state index contributed by atoms with van der Waals surface area (Å²) in [6.07, 6.45) is 1.13. The Labute approximate surface area is 205 Å². The lowest BCUT2D eigenvalue weighted by Crippen LogP contribution is -2.40. The standard InChI is InChI=1S/C18H36O6S4Si2/c1-7-19-15(13-17(29,21-9-3)22-10-4)25-27-28-26-16(20-8-2)14-18(30,23-11-5)24-12-6/h15-16H,7-14H2,1-6H3. The lowest BCUT2D eigenvalue weighted by Gasteiger charge is -2.33. The fourth-order valence-electron chi connectivity index (χ4n) is 2.42. The first kappa shape index (κ1) is 31.6. The van der Waals surface area contributed by atoms with Crippen molar-refractivity contribution in [1.29, 1.82) is 0 Å². The Kier molecular flexibility index (Phi) is 20.0. The average Bonchev–Trinajstić information content (AvgIpc) is 2.66. The molecule has 0 heterocycles. The van der Waals surface area contributed by atoms with Gasteiger partial charge >= 0.3 is 0 Å². The van der Waals surface area contributed by atoms with Crippen LogP contribution >= 0.6 is 41.2 Å². The molecule has 0 bridgehead atoms. The highest BCUT2D eigenvalue weighted by Crippen LogP contribution is 2.49. The Bertz CT molecular complexity index is 367. The molecule has 0 rings (SSSR count). The summed E-state index contributed by atoms with van der Waals surface area (Å²) in [5.74, 6) is 0. The average molecular weight is 533 g/mol. The SMILES string of the molecule is CCOC(CC([Si])(OCC)OCC)SSSSC(CC([Si])(OCC)OCC)OCC. The molecule has 0 spiro atoms. The lowest BCUT2D eigenvalue weighted by atomic mass is 10.4. The summed E-state index contributed by atoms with van der Waals surface area (Å²) in [6, 6.07) is 0. The second kappa shape index (κ2) is 19.0. The van der Waals surface area contributed by atoms with Gasteiger partial charge in [-0.05, 0) is 82.8 Å². The van der Waals surface area contributed by atoms with E-state index in [9.17, 15) is 0 Å². The lowest BCUT2D eigenvalue weighted by molar-refractivity contribution is -0.185. The molecular weight excluding hydrogens is 497 g/mol. The zero-order valence-electron chi connectivity index (χ0n) is 18.9. The molecule has 6 nitrogen and oxygen atoms in total. The summed E-state index contributed by atoms with van der Waals surface area (Å²) in [7, 11) is 13.8. The maximum Gasteiger partial charge on any atom is 0.147 e. The van der Waals surface area contributed by atoms with Crippen LogP contribution in [0.5, 0.6) is 0 Å². The smallest absolute Gasteiger partial charge is 0.147 e. The number of hydrogen-bond donors (Lipinski definition) is 0. The molecule has 0 saturated heterocycles. The fraction of sp³-hybridized carbons (Fsp3) is 1.00. The molecule has 0 amide bonds. The van der Waals surface area contributed by atoms with Gasteiger partial charge in [0.2, 0.25) is 0 Å². The third-order valence-corrected chi connectivity index (χ3v) is 11.0. The van der Waals surface area contributed by atoms with E-state index in [1.807, 2.05) is 41.5 Å². The van der Waals surface area contributed by atoms with Crippen molar-refractivity contribution in [2.45, 2.75) is 76.1 Å². The Morgan fingerprint density at radius 1 is 0.567 bits per heavy atom. The summed E-state index contributed by atoms with van der Waals surface area (Å²) in [4.78, 5) is 0. The van der Waals surface area contributed by atoms with Crippen molar-refractivity contribution in [3.05, 3.63) is 0 Å². The van der Waals surface area contributed by atoms with Crippen LogP contribution < -0.4 is 0 Å².